The van der Waals surface area contributed by atoms with Crippen LogP contribution in [-0.2, 0) is 6.54 Å². The van der Waals surface area contributed by atoms with Crippen molar-refractivity contribution in [3.05, 3.63) is 53.9 Å². The van der Waals surface area contributed by atoms with E-state index in [4.69, 9.17) is 11.6 Å². The molecule has 1 aromatic carbocycles. The van der Waals surface area contributed by atoms with E-state index in [-0.39, 0.29) is 6.03 Å². The lowest BCUT2D eigenvalue weighted by atomic mass is 10.3. The number of carbonyl (C=O) groups is 1. The summed E-state index contributed by atoms with van der Waals surface area (Å²) in [6.07, 6.45) is 3.63. The van der Waals surface area contributed by atoms with Crippen molar-refractivity contribution in [2.75, 3.05) is 38.0 Å². The Kier molecular flexibility index (Phi) is 5.22. The van der Waals surface area contributed by atoms with E-state index in [0.29, 0.717) is 18.1 Å². The van der Waals surface area contributed by atoms with Crippen molar-refractivity contribution in [3.8, 4) is 0 Å². The first kappa shape index (κ1) is 17.8. The number of halogens is 1. The van der Waals surface area contributed by atoms with Crippen LogP contribution in [0, 0.1) is 0 Å². The second-order valence-corrected chi connectivity index (χ2v) is 6.99. The molecule has 0 radical (unpaired) electrons. The molecule has 0 unspecified atom stereocenters. The van der Waals surface area contributed by atoms with E-state index in [9.17, 15) is 4.79 Å². The highest BCUT2D eigenvalue weighted by Gasteiger charge is 2.21. The molecule has 4 rings (SSSR count). The molecule has 1 saturated heterocycles. The van der Waals surface area contributed by atoms with E-state index in [1.54, 1.807) is 30.5 Å². The first-order chi connectivity index (χ1) is 13.2. The number of urea groups is 1. The van der Waals surface area contributed by atoms with Crippen LogP contribution >= 0.6 is 11.6 Å². The Bertz CT molecular complexity index is 917. The van der Waals surface area contributed by atoms with E-state index in [0.717, 1.165) is 43.0 Å². The quantitative estimate of drug-likeness (QED) is 0.751. The van der Waals surface area contributed by atoms with Crippen molar-refractivity contribution in [1.82, 2.24) is 24.3 Å². The summed E-state index contributed by atoms with van der Waals surface area (Å²) < 4.78 is 2.08. The summed E-state index contributed by atoms with van der Waals surface area (Å²) in [5, 5.41) is 3.57. The van der Waals surface area contributed by atoms with Crippen molar-refractivity contribution >= 4 is 34.5 Å². The average molecular weight is 385 g/mol. The monoisotopic (exact) mass is 384 g/mol. The maximum absolute atomic E-state index is 12.4. The van der Waals surface area contributed by atoms with Gasteiger partial charge in [0.1, 0.15) is 5.52 Å². The molecule has 0 spiro atoms. The molecule has 27 heavy (non-hydrogen) atoms. The van der Waals surface area contributed by atoms with Crippen molar-refractivity contribution in [1.29, 1.82) is 0 Å². The first-order valence-electron chi connectivity index (χ1n) is 8.99. The number of pyridine rings is 1. The number of amides is 2. The zero-order valence-corrected chi connectivity index (χ0v) is 15.6. The van der Waals surface area contributed by atoms with Gasteiger partial charge in [0.25, 0.3) is 0 Å². The maximum atomic E-state index is 12.4. The van der Waals surface area contributed by atoms with Crippen LogP contribution in [0.5, 0.6) is 0 Å². The first-order valence-corrected chi connectivity index (χ1v) is 9.36. The van der Waals surface area contributed by atoms with Crippen LogP contribution in [0.15, 0.2) is 48.9 Å². The minimum Gasteiger partial charge on any atom is -0.322 e. The molecule has 1 N–H and O–H groups in total. The predicted molar refractivity (Wildman–Crippen MR) is 106 cm³/mol. The number of anilines is 1. The SMILES string of the molecule is O=C(Nc1ccc(Cl)cc1)N1CCN(CCn2cnc3cccnc32)CC1. The van der Waals surface area contributed by atoms with Gasteiger partial charge in [-0.05, 0) is 36.4 Å². The van der Waals surface area contributed by atoms with Crippen LogP contribution in [0.4, 0.5) is 10.5 Å². The standard InChI is InChI=1S/C19H21ClN6O/c20-15-3-5-16(6-4-15)23-19(27)25-11-8-24(9-12-25)10-13-26-14-22-17-2-1-7-21-18(17)26/h1-7,14H,8-13H2,(H,23,27). The second-order valence-electron chi connectivity index (χ2n) is 6.55. The topological polar surface area (TPSA) is 66.3 Å². The molecule has 8 heteroatoms. The molecule has 1 fully saturated rings. The number of aromatic nitrogens is 3. The van der Waals surface area contributed by atoms with Crippen molar-refractivity contribution in [3.63, 3.8) is 0 Å². The van der Waals surface area contributed by atoms with Gasteiger partial charge in [0.2, 0.25) is 0 Å². The smallest absolute Gasteiger partial charge is 0.321 e. The lowest BCUT2D eigenvalue weighted by Crippen LogP contribution is -2.50. The predicted octanol–water partition coefficient (Wildman–Crippen LogP) is 2.93. The third kappa shape index (κ3) is 4.20. The molecule has 3 aromatic rings. The molecule has 2 aromatic heterocycles. The number of carbonyl (C=O) groups excluding carboxylic acids is 1. The number of hydrogen-bond acceptors (Lipinski definition) is 4. The van der Waals surface area contributed by atoms with Crippen LogP contribution in [0.3, 0.4) is 0 Å². The van der Waals surface area contributed by atoms with Gasteiger partial charge in [-0.2, -0.15) is 0 Å². The summed E-state index contributed by atoms with van der Waals surface area (Å²) in [5.74, 6) is 0. The van der Waals surface area contributed by atoms with Crippen LogP contribution in [0.25, 0.3) is 11.2 Å². The van der Waals surface area contributed by atoms with E-state index in [1.165, 1.54) is 0 Å². The molecule has 0 saturated carbocycles. The lowest BCUT2D eigenvalue weighted by molar-refractivity contribution is 0.144. The number of imidazole rings is 1. The molecule has 0 bridgehead atoms. The third-order valence-electron chi connectivity index (χ3n) is 4.79. The van der Waals surface area contributed by atoms with Gasteiger partial charge in [0, 0.05) is 56.2 Å². The summed E-state index contributed by atoms with van der Waals surface area (Å²) in [6.45, 7) is 4.88. The highest BCUT2D eigenvalue weighted by molar-refractivity contribution is 6.30. The third-order valence-corrected chi connectivity index (χ3v) is 5.04. The van der Waals surface area contributed by atoms with E-state index >= 15 is 0 Å². The molecule has 3 heterocycles. The maximum Gasteiger partial charge on any atom is 0.321 e. The normalized spacial score (nSPS) is 15.2. The highest BCUT2D eigenvalue weighted by atomic mass is 35.5. The van der Waals surface area contributed by atoms with Gasteiger partial charge in [-0.3, -0.25) is 4.90 Å². The van der Waals surface area contributed by atoms with Crippen LogP contribution in [0.2, 0.25) is 5.02 Å². The van der Waals surface area contributed by atoms with Crippen LogP contribution < -0.4 is 5.32 Å². The molecular weight excluding hydrogens is 364 g/mol. The van der Waals surface area contributed by atoms with E-state index in [1.807, 2.05) is 23.4 Å². The molecule has 1 aliphatic rings. The number of nitrogens with one attached hydrogen (secondary N) is 1. The van der Waals surface area contributed by atoms with Gasteiger partial charge < -0.3 is 14.8 Å². The minimum absolute atomic E-state index is 0.0678. The minimum atomic E-state index is -0.0678. The zero-order valence-electron chi connectivity index (χ0n) is 14.9. The number of benzene rings is 1. The Morgan fingerprint density at radius 2 is 1.81 bits per heavy atom. The fourth-order valence-corrected chi connectivity index (χ4v) is 3.35. The van der Waals surface area contributed by atoms with Crippen LogP contribution in [0.1, 0.15) is 0 Å². The fourth-order valence-electron chi connectivity index (χ4n) is 3.22. The number of piperazine rings is 1. The summed E-state index contributed by atoms with van der Waals surface area (Å²) in [5.41, 5.74) is 2.59. The number of rotatable bonds is 4. The Morgan fingerprint density at radius 1 is 1.04 bits per heavy atom. The van der Waals surface area contributed by atoms with Crippen molar-refractivity contribution < 1.29 is 4.79 Å². The van der Waals surface area contributed by atoms with Gasteiger partial charge in [-0.1, -0.05) is 11.6 Å². The van der Waals surface area contributed by atoms with Crippen molar-refractivity contribution in [2.24, 2.45) is 0 Å². The summed E-state index contributed by atoms with van der Waals surface area (Å²) >= 11 is 5.87. The van der Waals surface area contributed by atoms with Gasteiger partial charge in [0.05, 0.1) is 6.33 Å². The van der Waals surface area contributed by atoms with E-state index in [2.05, 4.69) is 24.8 Å². The summed E-state index contributed by atoms with van der Waals surface area (Å²) in [7, 11) is 0. The van der Waals surface area contributed by atoms with Crippen LogP contribution in [-0.4, -0.2) is 63.1 Å². The highest BCUT2D eigenvalue weighted by Crippen LogP contribution is 2.15. The summed E-state index contributed by atoms with van der Waals surface area (Å²) in [4.78, 5) is 25.4. The average Bonchev–Trinajstić information content (AvgIpc) is 3.12. The molecule has 0 atom stereocenters. The Balaban J connectivity index is 1.26. The number of hydrogen-bond donors (Lipinski definition) is 1. The summed E-state index contributed by atoms with van der Waals surface area (Å²) in [6, 6.07) is 10.9. The van der Waals surface area contributed by atoms with Gasteiger partial charge in [0.15, 0.2) is 5.65 Å². The zero-order chi connectivity index (χ0) is 18.6. The lowest BCUT2D eigenvalue weighted by Gasteiger charge is -2.34. The molecule has 1 aliphatic heterocycles. The van der Waals surface area contributed by atoms with Gasteiger partial charge in [-0.25, -0.2) is 14.8 Å². The second kappa shape index (κ2) is 7.94. The Labute approximate surface area is 162 Å². The van der Waals surface area contributed by atoms with Gasteiger partial charge in [-0.15, -0.1) is 0 Å². The number of fused-ring (bicyclic) bond motifs is 1. The largest absolute Gasteiger partial charge is 0.322 e. The fraction of sp³-hybridized carbons (Fsp3) is 0.316. The molecule has 140 valence electrons. The molecule has 7 nitrogen and oxygen atoms in total. The van der Waals surface area contributed by atoms with Gasteiger partial charge >= 0.3 is 6.03 Å². The molecular formula is C19H21ClN6O. The van der Waals surface area contributed by atoms with Crippen molar-refractivity contribution in [2.45, 2.75) is 6.54 Å². The van der Waals surface area contributed by atoms with E-state index < -0.39 is 0 Å². The Morgan fingerprint density at radius 3 is 2.59 bits per heavy atom. The molecule has 0 aliphatic carbocycles. The number of nitrogens with zero attached hydrogens (tertiary/aromatic N) is 5. The Hall–Kier alpha value is -2.64. The molecule has 2 amide bonds.